The van der Waals surface area contributed by atoms with Gasteiger partial charge in [0.25, 0.3) is 0 Å². The highest BCUT2D eigenvalue weighted by Crippen LogP contribution is 2.21. The highest BCUT2D eigenvalue weighted by molar-refractivity contribution is 5.15. The lowest BCUT2D eigenvalue weighted by atomic mass is 9.96. The largest absolute Gasteiger partial charge is 0.310 e. The van der Waals surface area contributed by atoms with Gasteiger partial charge in [0.2, 0.25) is 0 Å². The summed E-state index contributed by atoms with van der Waals surface area (Å²) in [6, 6.07) is 11.3. The maximum Gasteiger partial charge on any atom is 0.0323 e. The molecular formula is C16H27N3. The average Bonchev–Trinajstić information content (AvgIpc) is 2.34. The van der Waals surface area contributed by atoms with Gasteiger partial charge in [-0.25, -0.2) is 0 Å². The molecule has 1 heterocycles. The van der Waals surface area contributed by atoms with Crippen LogP contribution in [0.3, 0.4) is 0 Å². The number of rotatable bonds is 4. The van der Waals surface area contributed by atoms with E-state index >= 15 is 0 Å². The Balaban J connectivity index is 2.02. The van der Waals surface area contributed by atoms with E-state index in [0.29, 0.717) is 6.04 Å². The maximum absolute atomic E-state index is 3.67. The Hall–Kier alpha value is -0.900. The summed E-state index contributed by atoms with van der Waals surface area (Å²) in [4.78, 5) is 4.86. The van der Waals surface area contributed by atoms with Gasteiger partial charge in [0, 0.05) is 37.8 Å². The van der Waals surface area contributed by atoms with E-state index in [1.54, 1.807) is 0 Å². The molecule has 1 aromatic rings. The van der Waals surface area contributed by atoms with Gasteiger partial charge in [-0.2, -0.15) is 0 Å². The second kappa shape index (κ2) is 6.04. The molecule has 2 rings (SSSR count). The van der Waals surface area contributed by atoms with Gasteiger partial charge >= 0.3 is 0 Å². The predicted molar refractivity (Wildman–Crippen MR) is 81.3 cm³/mol. The minimum atomic E-state index is 0.221. The van der Waals surface area contributed by atoms with Crippen molar-refractivity contribution in [1.29, 1.82) is 0 Å². The lowest BCUT2D eigenvalue weighted by Gasteiger charge is -2.46. The molecule has 3 heteroatoms. The van der Waals surface area contributed by atoms with Gasteiger partial charge < -0.3 is 10.2 Å². The zero-order valence-corrected chi connectivity index (χ0v) is 12.7. The second-order valence-electron chi connectivity index (χ2n) is 6.52. The SMILES string of the molecule is CN(C)CC1CN(Cc2ccccc2)C(C)(C)CN1. The van der Waals surface area contributed by atoms with E-state index in [-0.39, 0.29) is 5.54 Å². The number of likely N-dealkylation sites (N-methyl/N-ethyl adjacent to an activating group) is 1. The third kappa shape index (κ3) is 4.03. The highest BCUT2D eigenvalue weighted by atomic mass is 15.3. The molecule has 1 saturated heterocycles. The van der Waals surface area contributed by atoms with E-state index in [2.05, 4.69) is 73.4 Å². The van der Waals surface area contributed by atoms with Crippen molar-refractivity contribution < 1.29 is 0 Å². The van der Waals surface area contributed by atoms with Crippen LogP contribution >= 0.6 is 0 Å². The van der Waals surface area contributed by atoms with Crippen molar-refractivity contribution in [3.8, 4) is 0 Å². The van der Waals surface area contributed by atoms with Crippen LogP contribution in [0, 0.1) is 0 Å². The zero-order valence-electron chi connectivity index (χ0n) is 12.7. The van der Waals surface area contributed by atoms with Crippen molar-refractivity contribution in [3.05, 3.63) is 35.9 Å². The first kappa shape index (κ1) is 14.5. The topological polar surface area (TPSA) is 18.5 Å². The van der Waals surface area contributed by atoms with Gasteiger partial charge in [0.1, 0.15) is 0 Å². The molecule has 0 bridgehead atoms. The molecule has 1 aliphatic rings. The number of nitrogens with zero attached hydrogens (tertiary/aromatic N) is 2. The fraction of sp³-hybridized carbons (Fsp3) is 0.625. The van der Waals surface area contributed by atoms with Crippen LogP contribution in [0.2, 0.25) is 0 Å². The normalized spacial score (nSPS) is 23.7. The highest BCUT2D eigenvalue weighted by Gasteiger charge is 2.33. The molecule has 1 aliphatic heterocycles. The Kier molecular flexibility index (Phi) is 4.61. The van der Waals surface area contributed by atoms with Crippen molar-refractivity contribution >= 4 is 0 Å². The summed E-state index contributed by atoms with van der Waals surface area (Å²) in [5, 5.41) is 3.67. The molecule has 1 unspecified atom stereocenters. The first-order valence-electron chi connectivity index (χ1n) is 7.14. The monoisotopic (exact) mass is 261 g/mol. The lowest BCUT2D eigenvalue weighted by molar-refractivity contribution is 0.0522. The molecule has 106 valence electrons. The van der Waals surface area contributed by atoms with E-state index < -0.39 is 0 Å². The molecule has 1 fully saturated rings. The van der Waals surface area contributed by atoms with Gasteiger partial charge in [-0.15, -0.1) is 0 Å². The fourth-order valence-corrected chi connectivity index (χ4v) is 2.73. The minimum absolute atomic E-state index is 0.221. The number of hydrogen-bond donors (Lipinski definition) is 1. The molecular weight excluding hydrogens is 234 g/mol. The van der Waals surface area contributed by atoms with E-state index in [1.807, 2.05) is 0 Å². The van der Waals surface area contributed by atoms with Crippen LogP contribution in [0.1, 0.15) is 19.4 Å². The Morgan fingerprint density at radius 2 is 1.95 bits per heavy atom. The second-order valence-corrected chi connectivity index (χ2v) is 6.52. The summed E-state index contributed by atoms with van der Waals surface area (Å²) in [6.07, 6.45) is 0. The summed E-state index contributed by atoms with van der Waals surface area (Å²) in [5.74, 6) is 0. The van der Waals surface area contributed by atoms with Crippen LogP contribution in [-0.4, -0.2) is 55.1 Å². The molecule has 1 N–H and O–H groups in total. The van der Waals surface area contributed by atoms with Crippen LogP contribution in [0.5, 0.6) is 0 Å². The number of piperazine rings is 1. The molecule has 19 heavy (non-hydrogen) atoms. The summed E-state index contributed by atoms with van der Waals surface area (Å²) in [7, 11) is 4.28. The molecule has 0 saturated carbocycles. The van der Waals surface area contributed by atoms with Gasteiger partial charge in [0.05, 0.1) is 0 Å². The van der Waals surface area contributed by atoms with Crippen molar-refractivity contribution in [1.82, 2.24) is 15.1 Å². The van der Waals surface area contributed by atoms with Crippen LogP contribution in [0.25, 0.3) is 0 Å². The Labute approximate surface area is 117 Å². The maximum atomic E-state index is 3.67. The molecule has 0 aromatic heterocycles. The third-order valence-electron chi connectivity index (χ3n) is 3.92. The van der Waals surface area contributed by atoms with E-state index in [1.165, 1.54) is 5.56 Å². The summed E-state index contributed by atoms with van der Waals surface area (Å²) >= 11 is 0. The Bertz CT molecular complexity index is 386. The standard InChI is InChI=1S/C16H27N3/c1-16(2)13-17-15(11-18(3)4)12-19(16)10-14-8-6-5-7-9-14/h5-9,15,17H,10-13H2,1-4H3. The first-order chi connectivity index (χ1) is 8.97. The van der Waals surface area contributed by atoms with Gasteiger partial charge in [-0.05, 0) is 33.5 Å². The van der Waals surface area contributed by atoms with Crippen LogP contribution in [-0.2, 0) is 6.54 Å². The van der Waals surface area contributed by atoms with Crippen LogP contribution < -0.4 is 5.32 Å². The summed E-state index contributed by atoms with van der Waals surface area (Å²) < 4.78 is 0. The Morgan fingerprint density at radius 3 is 2.58 bits per heavy atom. The van der Waals surface area contributed by atoms with Crippen molar-refractivity contribution in [2.75, 3.05) is 33.7 Å². The van der Waals surface area contributed by atoms with Crippen LogP contribution in [0.4, 0.5) is 0 Å². The average molecular weight is 261 g/mol. The third-order valence-corrected chi connectivity index (χ3v) is 3.92. The minimum Gasteiger partial charge on any atom is -0.310 e. The van der Waals surface area contributed by atoms with Crippen LogP contribution in [0.15, 0.2) is 30.3 Å². The van der Waals surface area contributed by atoms with Gasteiger partial charge in [0.15, 0.2) is 0 Å². The fourth-order valence-electron chi connectivity index (χ4n) is 2.73. The Morgan fingerprint density at radius 1 is 1.26 bits per heavy atom. The molecule has 0 amide bonds. The zero-order chi connectivity index (χ0) is 13.9. The van der Waals surface area contributed by atoms with Crippen molar-refractivity contribution in [2.24, 2.45) is 0 Å². The first-order valence-corrected chi connectivity index (χ1v) is 7.14. The number of nitrogens with one attached hydrogen (secondary N) is 1. The molecule has 0 radical (unpaired) electrons. The van der Waals surface area contributed by atoms with E-state index in [0.717, 1.165) is 26.2 Å². The van der Waals surface area contributed by atoms with E-state index in [4.69, 9.17) is 0 Å². The molecule has 0 spiro atoms. The predicted octanol–water partition coefficient (Wildman–Crippen LogP) is 1.80. The molecule has 1 atom stereocenters. The van der Waals surface area contributed by atoms with Gasteiger partial charge in [-0.1, -0.05) is 30.3 Å². The summed E-state index contributed by atoms with van der Waals surface area (Å²) in [6.45, 7) is 8.96. The van der Waals surface area contributed by atoms with Crippen molar-refractivity contribution in [2.45, 2.75) is 32.0 Å². The smallest absolute Gasteiger partial charge is 0.0323 e. The quantitative estimate of drug-likeness (QED) is 0.891. The number of benzene rings is 1. The molecule has 3 nitrogen and oxygen atoms in total. The molecule has 0 aliphatic carbocycles. The van der Waals surface area contributed by atoms with Gasteiger partial charge in [-0.3, -0.25) is 4.90 Å². The summed E-state index contributed by atoms with van der Waals surface area (Å²) in [5.41, 5.74) is 1.62. The number of hydrogen-bond acceptors (Lipinski definition) is 3. The lowest BCUT2D eigenvalue weighted by Crippen LogP contribution is -2.63. The van der Waals surface area contributed by atoms with E-state index in [9.17, 15) is 0 Å². The van der Waals surface area contributed by atoms with Crippen molar-refractivity contribution in [3.63, 3.8) is 0 Å². The molecule has 1 aromatic carbocycles.